The Morgan fingerprint density at radius 3 is 2.64 bits per heavy atom. The van der Waals surface area contributed by atoms with Gasteiger partial charge in [-0.05, 0) is 71.3 Å². The molecule has 28 heavy (non-hydrogen) atoms. The maximum absolute atomic E-state index is 11.2. The molecule has 160 valence electrons. The normalized spacial score (nSPS) is 17.0. The van der Waals surface area contributed by atoms with Gasteiger partial charge in [-0.3, -0.25) is 9.79 Å². The molecule has 1 fully saturated rings. The Kier molecular flexibility index (Phi) is 12.0. The smallest absolute Gasteiger partial charge is 0.220 e. The number of unbranched alkanes of at least 4 members (excludes halogenated alkanes) is 1. The van der Waals surface area contributed by atoms with E-state index in [0.29, 0.717) is 6.04 Å². The van der Waals surface area contributed by atoms with Gasteiger partial charge in [-0.25, -0.2) is 0 Å². The Labute approximate surface area is 190 Å². The molecule has 0 bridgehead atoms. The summed E-state index contributed by atoms with van der Waals surface area (Å²) in [5.41, 5.74) is 5.39. The van der Waals surface area contributed by atoms with Gasteiger partial charge in [0.05, 0.1) is 0 Å². The number of aliphatic imine (C=N–C) groups is 1. The molecule has 1 aromatic rings. The molecule has 1 aliphatic rings. The summed E-state index contributed by atoms with van der Waals surface area (Å²) in [4.78, 5) is 20.7. The third kappa shape index (κ3) is 9.09. The number of primary amides is 1. The SMILES string of the molecule is CN=C(NCCCCN1CCC(C(N)=O)CC1)NC(C)Cc1ccc(C)s1.I. The van der Waals surface area contributed by atoms with Crippen LogP contribution in [0.25, 0.3) is 0 Å². The minimum absolute atomic E-state index is 0. The summed E-state index contributed by atoms with van der Waals surface area (Å²) in [7, 11) is 1.82. The minimum Gasteiger partial charge on any atom is -0.369 e. The Hall–Kier alpha value is -0.870. The molecule has 0 aliphatic carbocycles. The zero-order chi connectivity index (χ0) is 19.6. The number of nitrogens with two attached hydrogens (primary N) is 1. The predicted molar refractivity (Wildman–Crippen MR) is 130 cm³/mol. The number of rotatable bonds is 9. The van der Waals surface area contributed by atoms with Crippen LogP contribution in [0.5, 0.6) is 0 Å². The van der Waals surface area contributed by atoms with Crippen LogP contribution < -0.4 is 16.4 Å². The van der Waals surface area contributed by atoms with Crippen molar-refractivity contribution in [2.75, 3.05) is 33.2 Å². The number of nitrogens with one attached hydrogen (secondary N) is 2. The second-order valence-electron chi connectivity index (χ2n) is 7.49. The van der Waals surface area contributed by atoms with Crippen LogP contribution in [0.4, 0.5) is 0 Å². The number of piperidine rings is 1. The van der Waals surface area contributed by atoms with Crippen LogP contribution >= 0.6 is 35.3 Å². The number of aryl methyl sites for hydroxylation is 1. The van der Waals surface area contributed by atoms with Crippen molar-refractivity contribution < 1.29 is 4.79 Å². The predicted octanol–water partition coefficient (Wildman–Crippen LogP) is 2.75. The largest absolute Gasteiger partial charge is 0.369 e. The molecule has 1 unspecified atom stereocenters. The van der Waals surface area contributed by atoms with Gasteiger partial charge in [-0.2, -0.15) is 0 Å². The van der Waals surface area contributed by atoms with Gasteiger partial charge in [0.25, 0.3) is 0 Å². The van der Waals surface area contributed by atoms with Crippen LogP contribution in [-0.2, 0) is 11.2 Å². The highest BCUT2D eigenvalue weighted by molar-refractivity contribution is 14.0. The molecule has 0 saturated carbocycles. The van der Waals surface area contributed by atoms with Crippen molar-refractivity contribution in [2.24, 2.45) is 16.6 Å². The number of carbonyl (C=O) groups excluding carboxylic acids is 1. The number of hydrogen-bond donors (Lipinski definition) is 3. The van der Waals surface area contributed by atoms with Gasteiger partial charge in [0.15, 0.2) is 5.96 Å². The number of hydrogen-bond acceptors (Lipinski definition) is 4. The van der Waals surface area contributed by atoms with E-state index in [1.807, 2.05) is 18.4 Å². The fourth-order valence-electron chi connectivity index (χ4n) is 3.48. The van der Waals surface area contributed by atoms with Crippen LogP contribution in [0, 0.1) is 12.8 Å². The van der Waals surface area contributed by atoms with Gasteiger partial charge in [-0.15, -0.1) is 35.3 Å². The van der Waals surface area contributed by atoms with Crippen molar-refractivity contribution in [1.29, 1.82) is 0 Å². The first-order valence-corrected chi connectivity index (χ1v) is 10.8. The first-order chi connectivity index (χ1) is 13.0. The second-order valence-corrected chi connectivity index (χ2v) is 8.86. The minimum atomic E-state index is -0.138. The van der Waals surface area contributed by atoms with E-state index in [2.05, 4.69) is 46.5 Å². The molecule has 1 aromatic heterocycles. The van der Waals surface area contributed by atoms with Crippen molar-refractivity contribution in [3.05, 3.63) is 21.9 Å². The first-order valence-electron chi connectivity index (χ1n) is 10.0. The fraction of sp³-hybridized carbons (Fsp3) is 0.700. The highest BCUT2D eigenvalue weighted by atomic mass is 127. The number of halogens is 1. The van der Waals surface area contributed by atoms with Gasteiger partial charge in [0.1, 0.15) is 0 Å². The number of carbonyl (C=O) groups is 1. The zero-order valence-electron chi connectivity index (χ0n) is 17.4. The zero-order valence-corrected chi connectivity index (χ0v) is 20.5. The van der Waals surface area contributed by atoms with Crippen molar-refractivity contribution in [3.8, 4) is 0 Å². The molecule has 1 aliphatic heterocycles. The van der Waals surface area contributed by atoms with E-state index in [9.17, 15) is 4.79 Å². The Bertz CT molecular complexity index is 613. The molecule has 1 atom stereocenters. The molecule has 2 heterocycles. The lowest BCUT2D eigenvalue weighted by atomic mass is 9.96. The topological polar surface area (TPSA) is 82.8 Å². The van der Waals surface area contributed by atoms with Crippen LogP contribution in [0.15, 0.2) is 17.1 Å². The summed E-state index contributed by atoms with van der Waals surface area (Å²) in [5, 5.41) is 6.89. The summed E-state index contributed by atoms with van der Waals surface area (Å²) in [6.45, 7) is 8.33. The van der Waals surface area contributed by atoms with E-state index in [1.54, 1.807) is 0 Å². The highest BCUT2D eigenvalue weighted by Gasteiger charge is 2.22. The van der Waals surface area contributed by atoms with Gasteiger partial charge in [0, 0.05) is 41.7 Å². The molecule has 0 spiro atoms. The van der Waals surface area contributed by atoms with Crippen LogP contribution in [0.2, 0.25) is 0 Å². The molecule has 0 aromatic carbocycles. The third-order valence-corrected chi connectivity index (χ3v) is 6.12. The van der Waals surface area contributed by atoms with Gasteiger partial charge in [0.2, 0.25) is 5.91 Å². The number of thiophene rings is 1. The average molecular weight is 522 g/mol. The lowest BCUT2D eigenvalue weighted by Gasteiger charge is -2.30. The number of guanidine groups is 1. The Morgan fingerprint density at radius 1 is 1.36 bits per heavy atom. The van der Waals surface area contributed by atoms with E-state index in [0.717, 1.165) is 64.2 Å². The number of likely N-dealkylation sites (tertiary alicyclic amines) is 1. The third-order valence-electron chi connectivity index (χ3n) is 5.09. The summed E-state index contributed by atoms with van der Waals surface area (Å²) in [5.74, 6) is 0.816. The van der Waals surface area contributed by atoms with E-state index in [-0.39, 0.29) is 35.8 Å². The summed E-state index contributed by atoms with van der Waals surface area (Å²) in [6, 6.07) is 4.73. The number of nitrogens with zero attached hydrogens (tertiary/aromatic N) is 2. The number of amides is 1. The second kappa shape index (κ2) is 13.4. The van der Waals surface area contributed by atoms with Crippen molar-refractivity contribution in [3.63, 3.8) is 0 Å². The molecule has 0 radical (unpaired) electrons. The Balaban J connectivity index is 0.00000392. The van der Waals surface area contributed by atoms with Gasteiger partial charge >= 0.3 is 0 Å². The lowest BCUT2D eigenvalue weighted by Crippen LogP contribution is -2.43. The summed E-state index contributed by atoms with van der Waals surface area (Å²) in [6.07, 6.45) is 5.09. The van der Waals surface area contributed by atoms with Crippen LogP contribution in [-0.4, -0.2) is 56.0 Å². The summed E-state index contributed by atoms with van der Waals surface area (Å²) >= 11 is 1.86. The molecule has 8 heteroatoms. The van der Waals surface area contributed by atoms with Crippen LogP contribution in [0.3, 0.4) is 0 Å². The molecule has 4 N–H and O–H groups in total. The van der Waals surface area contributed by atoms with Crippen LogP contribution in [0.1, 0.15) is 42.4 Å². The molecule has 1 amide bonds. The standard InChI is InChI=1S/C20H35N5OS.HI/c1-15(14-18-7-6-16(2)27-18)24-20(22-3)23-10-4-5-11-25-12-8-17(9-13-25)19(21)26;/h6-7,15,17H,4-5,8-14H2,1-3H3,(H2,21,26)(H2,22,23,24);1H. The van der Waals surface area contributed by atoms with E-state index < -0.39 is 0 Å². The quantitative estimate of drug-likeness (QED) is 0.202. The van der Waals surface area contributed by atoms with E-state index in [4.69, 9.17) is 5.73 Å². The van der Waals surface area contributed by atoms with Gasteiger partial charge in [-0.1, -0.05) is 0 Å². The molecule has 6 nitrogen and oxygen atoms in total. The molecule has 1 saturated heterocycles. The average Bonchev–Trinajstić information content (AvgIpc) is 3.05. The maximum Gasteiger partial charge on any atom is 0.220 e. The van der Waals surface area contributed by atoms with Crippen molar-refractivity contribution in [1.82, 2.24) is 15.5 Å². The van der Waals surface area contributed by atoms with E-state index in [1.165, 1.54) is 9.75 Å². The molecule has 2 rings (SSSR count). The fourth-order valence-corrected chi connectivity index (χ4v) is 4.50. The maximum atomic E-state index is 11.2. The van der Waals surface area contributed by atoms with Gasteiger partial charge < -0.3 is 21.3 Å². The first kappa shape index (κ1) is 25.2. The highest BCUT2D eigenvalue weighted by Crippen LogP contribution is 2.17. The van der Waals surface area contributed by atoms with Crippen molar-refractivity contribution >= 4 is 47.2 Å². The Morgan fingerprint density at radius 2 is 2.07 bits per heavy atom. The van der Waals surface area contributed by atoms with Crippen molar-refractivity contribution in [2.45, 2.75) is 52.0 Å². The lowest BCUT2D eigenvalue weighted by molar-refractivity contribution is -0.123. The monoisotopic (exact) mass is 521 g/mol. The van der Waals surface area contributed by atoms with E-state index >= 15 is 0 Å². The molecular weight excluding hydrogens is 485 g/mol. The summed E-state index contributed by atoms with van der Waals surface area (Å²) < 4.78 is 0. The molecular formula is C20H36IN5OS.